The van der Waals surface area contributed by atoms with Crippen molar-refractivity contribution in [2.75, 3.05) is 13.1 Å². The first-order chi connectivity index (χ1) is 14.8. The molecule has 1 aliphatic heterocycles. The summed E-state index contributed by atoms with van der Waals surface area (Å²) < 4.78 is 24.5. The van der Waals surface area contributed by atoms with E-state index in [9.17, 15) is 9.59 Å². The molecule has 2 atom stereocenters. The first kappa shape index (κ1) is 14.5. The van der Waals surface area contributed by atoms with Crippen molar-refractivity contribution in [2.24, 2.45) is 18.8 Å². The highest BCUT2D eigenvalue weighted by molar-refractivity contribution is 7.16. The molecule has 3 heterocycles. The van der Waals surface area contributed by atoms with Crippen molar-refractivity contribution in [1.82, 2.24) is 14.5 Å². The molecule has 144 valence electrons. The average molecular weight is 397 g/mol. The molecule has 1 aliphatic carbocycles. The molecule has 0 unspecified atom stereocenters. The molecule has 0 saturated carbocycles. The number of fused-ring (bicyclic) bond motifs is 3. The number of aryl methyl sites for hydroxylation is 1. The molecular weight excluding hydrogens is 370 g/mol. The van der Waals surface area contributed by atoms with Gasteiger partial charge in [-0.25, -0.2) is 0 Å². The summed E-state index contributed by atoms with van der Waals surface area (Å²) in [6, 6.07) is 5.49. The second-order valence-electron chi connectivity index (χ2n) is 7.79. The number of thiazole rings is 1. The van der Waals surface area contributed by atoms with Crippen molar-refractivity contribution in [2.45, 2.75) is 26.2 Å². The minimum Gasteiger partial charge on any atom is -0.342 e. The molecule has 28 heavy (non-hydrogen) atoms. The lowest BCUT2D eigenvalue weighted by Gasteiger charge is -2.28. The van der Waals surface area contributed by atoms with Gasteiger partial charge in [0.2, 0.25) is 5.91 Å². The maximum absolute atomic E-state index is 12.3. The number of likely N-dealkylation sites (tertiary alicyclic amines) is 1. The van der Waals surface area contributed by atoms with Crippen LogP contribution in [0.5, 0.6) is 0 Å². The average Bonchev–Trinajstić information content (AvgIpc) is 3.29. The van der Waals surface area contributed by atoms with Gasteiger partial charge in [-0.3, -0.25) is 14.6 Å². The third-order valence-electron chi connectivity index (χ3n) is 6.22. The molecule has 2 aromatic heterocycles. The van der Waals surface area contributed by atoms with Gasteiger partial charge in [0, 0.05) is 48.6 Å². The highest BCUT2D eigenvalue weighted by Crippen LogP contribution is 2.40. The quantitative estimate of drug-likeness (QED) is 0.668. The lowest BCUT2D eigenvalue weighted by molar-refractivity contribution is -0.130. The van der Waals surface area contributed by atoms with Crippen molar-refractivity contribution in [3.8, 4) is 11.1 Å². The Hall–Kier alpha value is -2.47. The molecular formula is C22H23N3O2S. The maximum Gasteiger partial charge on any atom is 0.307 e. The van der Waals surface area contributed by atoms with E-state index >= 15 is 0 Å². The van der Waals surface area contributed by atoms with E-state index in [0.29, 0.717) is 28.5 Å². The Balaban J connectivity index is 1.53. The summed E-state index contributed by atoms with van der Waals surface area (Å²) >= 11 is 0.956. The number of carbonyl (C=O) groups is 1. The number of nitrogens with zero attached hydrogens (tertiary/aromatic N) is 3. The van der Waals surface area contributed by atoms with Crippen LogP contribution in [0.2, 0.25) is 0 Å². The van der Waals surface area contributed by atoms with E-state index in [2.05, 4.69) is 4.98 Å². The summed E-state index contributed by atoms with van der Waals surface area (Å²) in [5, 5.41) is 0. The molecule has 1 aromatic carbocycles. The molecule has 1 saturated heterocycles. The number of hydrogen-bond acceptors (Lipinski definition) is 4. The van der Waals surface area contributed by atoms with E-state index in [1.54, 1.807) is 6.07 Å². The van der Waals surface area contributed by atoms with Crippen LogP contribution in [0.4, 0.5) is 0 Å². The predicted molar refractivity (Wildman–Crippen MR) is 112 cm³/mol. The van der Waals surface area contributed by atoms with Gasteiger partial charge in [0.05, 0.1) is 10.2 Å². The van der Waals surface area contributed by atoms with Gasteiger partial charge in [-0.1, -0.05) is 24.3 Å². The zero-order valence-corrected chi connectivity index (χ0v) is 16.5. The Morgan fingerprint density at radius 2 is 2.11 bits per heavy atom. The minimum atomic E-state index is -2.50. The number of rotatable bonds is 2. The van der Waals surface area contributed by atoms with E-state index in [4.69, 9.17) is 4.11 Å². The number of amides is 1. The van der Waals surface area contributed by atoms with Crippen LogP contribution in [0.15, 0.2) is 35.4 Å². The highest BCUT2D eigenvalue weighted by Gasteiger charge is 2.38. The van der Waals surface area contributed by atoms with Crippen LogP contribution in [0.25, 0.3) is 21.3 Å². The van der Waals surface area contributed by atoms with E-state index in [0.717, 1.165) is 53.0 Å². The third-order valence-corrected chi connectivity index (χ3v) is 7.12. The number of hydrogen-bond donors (Lipinski definition) is 0. The lowest BCUT2D eigenvalue weighted by atomic mass is 9.76. The van der Waals surface area contributed by atoms with Crippen molar-refractivity contribution < 1.29 is 8.91 Å². The lowest BCUT2D eigenvalue weighted by Crippen LogP contribution is -2.28. The van der Waals surface area contributed by atoms with Gasteiger partial charge in [-0.15, -0.1) is 0 Å². The second-order valence-corrected chi connectivity index (χ2v) is 8.78. The van der Waals surface area contributed by atoms with Gasteiger partial charge in [-0.05, 0) is 53.5 Å². The largest absolute Gasteiger partial charge is 0.342 e. The number of carbonyl (C=O) groups excluding carboxylic acids is 1. The minimum absolute atomic E-state index is 0.218. The second kappa shape index (κ2) is 6.55. The van der Waals surface area contributed by atoms with Crippen LogP contribution >= 0.6 is 11.3 Å². The van der Waals surface area contributed by atoms with E-state index in [-0.39, 0.29) is 5.91 Å². The Bertz CT molecular complexity index is 1250. The zero-order valence-electron chi connectivity index (χ0n) is 18.6. The van der Waals surface area contributed by atoms with Crippen molar-refractivity contribution in [3.63, 3.8) is 0 Å². The Morgan fingerprint density at radius 1 is 1.29 bits per heavy atom. The fraction of sp³-hybridized carbons (Fsp3) is 0.409. The summed E-state index contributed by atoms with van der Waals surface area (Å²) in [5.74, 6) is 1.14. The van der Waals surface area contributed by atoms with Gasteiger partial charge in [-0.2, -0.15) is 0 Å². The standard InChI is InChI=1S/C22H23N3O2S/c1-3-21(26)25-11-15-6-14-9-23-10-18(17(14)7-16(15)12-25)13-4-5-19-20(8-13)28-22(27)24(19)2/h4-5,8-10,15-16H,3,6-7,11-12H2,1-2H3/t15-,16-/m0/s1/i2D3. The first-order valence-corrected chi connectivity index (χ1v) is 10.5. The van der Waals surface area contributed by atoms with E-state index < -0.39 is 11.8 Å². The first-order valence-electron chi connectivity index (χ1n) is 11.2. The maximum atomic E-state index is 12.3. The van der Waals surface area contributed by atoms with Crippen LogP contribution in [-0.2, 0) is 24.6 Å². The topological polar surface area (TPSA) is 55.2 Å². The van der Waals surface area contributed by atoms with E-state index in [1.165, 1.54) is 11.1 Å². The molecule has 6 heteroatoms. The third kappa shape index (κ3) is 2.70. The Morgan fingerprint density at radius 3 is 2.89 bits per heavy atom. The molecule has 1 fully saturated rings. The van der Waals surface area contributed by atoms with Crippen LogP contribution in [-0.4, -0.2) is 33.4 Å². The highest BCUT2D eigenvalue weighted by atomic mass is 32.1. The molecule has 5 rings (SSSR count). The summed E-state index contributed by atoms with van der Waals surface area (Å²) in [6.45, 7) is 1.04. The van der Waals surface area contributed by atoms with Crippen LogP contribution in [0.1, 0.15) is 28.6 Å². The summed E-state index contributed by atoms with van der Waals surface area (Å²) in [5.41, 5.74) is 4.87. The van der Waals surface area contributed by atoms with Crippen molar-refractivity contribution in [1.29, 1.82) is 0 Å². The van der Waals surface area contributed by atoms with Crippen LogP contribution in [0.3, 0.4) is 0 Å². The molecule has 0 radical (unpaired) electrons. The van der Waals surface area contributed by atoms with Crippen molar-refractivity contribution >= 4 is 27.5 Å². The monoisotopic (exact) mass is 396 g/mol. The zero-order chi connectivity index (χ0) is 21.9. The molecule has 0 N–H and O–H groups in total. The van der Waals surface area contributed by atoms with Gasteiger partial charge < -0.3 is 9.47 Å². The molecule has 2 aliphatic rings. The van der Waals surface area contributed by atoms with Crippen LogP contribution < -0.4 is 4.87 Å². The molecule has 0 spiro atoms. The molecule has 1 amide bonds. The number of benzene rings is 1. The van der Waals surface area contributed by atoms with Gasteiger partial charge >= 0.3 is 4.87 Å². The van der Waals surface area contributed by atoms with E-state index in [1.807, 2.05) is 36.4 Å². The molecule has 0 bridgehead atoms. The van der Waals surface area contributed by atoms with Gasteiger partial charge in [0.25, 0.3) is 0 Å². The fourth-order valence-electron chi connectivity index (χ4n) is 4.76. The summed E-state index contributed by atoms with van der Waals surface area (Å²) in [4.78, 5) is 30.5. The van der Waals surface area contributed by atoms with Crippen molar-refractivity contribution in [3.05, 3.63) is 51.4 Å². The number of pyridine rings is 1. The summed E-state index contributed by atoms with van der Waals surface area (Å²) in [6.07, 6.45) is 6.14. The molecule has 5 nitrogen and oxygen atoms in total. The smallest absolute Gasteiger partial charge is 0.307 e. The fourth-order valence-corrected chi connectivity index (χ4v) is 5.58. The Kier molecular flexibility index (Phi) is 3.40. The van der Waals surface area contributed by atoms with Crippen LogP contribution in [0, 0.1) is 11.8 Å². The summed E-state index contributed by atoms with van der Waals surface area (Å²) in [7, 11) is 0. The normalized spacial score (nSPS) is 23.0. The SMILES string of the molecule is [2H]C([2H])([2H])n1c(=O)sc2cc(-c3cncc4c3C[C@H]3CN(C(=O)CC)C[C@@H]3C4)ccc21. The predicted octanol–water partition coefficient (Wildman–Crippen LogP) is 3.25. The van der Waals surface area contributed by atoms with Gasteiger partial charge in [0.15, 0.2) is 0 Å². The number of aromatic nitrogens is 2. The van der Waals surface area contributed by atoms with Gasteiger partial charge in [0.1, 0.15) is 0 Å². The Labute approximate surface area is 171 Å². The molecule has 3 aromatic rings.